The molecule has 0 saturated carbocycles. The van der Waals surface area contributed by atoms with Gasteiger partial charge in [0.2, 0.25) is 5.91 Å². The van der Waals surface area contributed by atoms with Crippen molar-refractivity contribution in [1.82, 2.24) is 10.3 Å². The van der Waals surface area contributed by atoms with Crippen molar-refractivity contribution in [2.45, 2.75) is 32.2 Å². The third kappa shape index (κ3) is 5.00. The minimum absolute atomic E-state index is 0.0455. The van der Waals surface area contributed by atoms with E-state index < -0.39 is 0 Å². The summed E-state index contributed by atoms with van der Waals surface area (Å²) in [4.78, 5) is 15.9. The maximum atomic E-state index is 11.5. The number of benzene rings is 1. The van der Waals surface area contributed by atoms with Gasteiger partial charge in [-0.2, -0.15) is 0 Å². The minimum Gasteiger partial charge on any atom is -0.491 e. The Bertz CT molecular complexity index is 608. The summed E-state index contributed by atoms with van der Waals surface area (Å²) in [7, 11) is 0. The molecule has 1 amide bonds. The maximum Gasteiger partial charge on any atom is 0.220 e. The zero-order chi connectivity index (χ0) is 15.8. The molecular weight excluding hydrogens is 278 g/mol. The summed E-state index contributed by atoms with van der Waals surface area (Å²) in [6, 6.07) is 9.85. The van der Waals surface area contributed by atoms with Crippen LogP contribution in [0, 0.1) is 0 Å². The molecular formula is C17H23N3O2. The van der Waals surface area contributed by atoms with Gasteiger partial charge in [-0.3, -0.25) is 9.78 Å². The first-order valence-corrected chi connectivity index (χ1v) is 7.65. The average Bonchev–Trinajstić information content (AvgIpc) is 2.52. The monoisotopic (exact) mass is 301 g/mol. The summed E-state index contributed by atoms with van der Waals surface area (Å²) < 4.78 is 5.77. The van der Waals surface area contributed by atoms with E-state index in [9.17, 15) is 4.79 Å². The summed E-state index contributed by atoms with van der Waals surface area (Å²) in [6.07, 6.45) is 3.71. The molecule has 2 rings (SSSR count). The van der Waals surface area contributed by atoms with Crippen molar-refractivity contribution in [3.63, 3.8) is 0 Å². The second kappa shape index (κ2) is 8.34. The number of nitrogens with zero attached hydrogens (tertiary/aromatic N) is 1. The number of carbonyl (C=O) groups excluding carboxylic acids is 1. The van der Waals surface area contributed by atoms with E-state index in [2.05, 4.69) is 10.3 Å². The molecule has 2 aromatic rings. The van der Waals surface area contributed by atoms with Crippen LogP contribution in [0.2, 0.25) is 0 Å². The molecule has 22 heavy (non-hydrogen) atoms. The predicted molar refractivity (Wildman–Crippen MR) is 87.7 cm³/mol. The molecule has 5 nitrogen and oxygen atoms in total. The molecule has 0 aliphatic carbocycles. The quantitative estimate of drug-likeness (QED) is 0.733. The molecule has 0 aliphatic rings. The lowest BCUT2D eigenvalue weighted by molar-refractivity contribution is -0.121. The van der Waals surface area contributed by atoms with E-state index in [0.29, 0.717) is 26.0 Å². The number of carbonyl (C=O) groups is 1. The molecule has 5 heteroatoms. The Morgan fingerprint density at radius 1 is 1.36 bits per heavy atom. The first-order chi connectivity index (χ1) is 10.7. The van der Waals surface area contributed by atoms with Crippen LogP contribution in [0.25, 0.3) is 10.9 Å². The van der Waals surface area contributed by atoms with Crippen molar-refractivity contribution in [2.75, 3.05) is 13.2 Å². The molecule has 118 valence electrons. The largest absolute Gasteiger partial charge is 0.491 e. The Kier molecular flexibility index (Phi) is 6.15. The minimum atomic E-state index is 0.0455. The van der Waals surface area contributed by atoms with E-state index in [4.69, 9.17) is 10.5 Å². The number of para-hydroxylation sites is 1. The van der Waals surface area contributed by atoms with Crippen LogP contribution in [0.1, 0.15) is 26.2 Å². The van der Waals surface area contributed by atoms with Crippen molar-refractivity contribution in [3.05, 3.63) is 36.5 Å². The molecule has 1 aromatic heterocycles. The Hall–Kier alpha value is -2.14. The van der Waals surface area contributed by atoms with Crippen molar-refractivity contribution < 1.29 is 9.53 Å². The highest BCUT2D eigenvalue weighted by molar-refractivity contribution is 5.84. The van der Waals surface area contributed by atoms with Gasteiger partial charge in [-0.25, -0.2) is 0 Å². The number of aromatic nitrogens is 1. The Labute approximate surface area is 130 Å². The highest BCUT2D eigenvalue weighted by Gasteiger charge is 2.04. The van der Waals surface area contributed by atoms with Crippen LogP contribution >= 0.6 is 0 Å². The van der Waals surface area contributed by atoms with Gasteiger partial charge in [0.05, 0.1) is 6.61 Å². The van der Waals surface area contributed by atoms with Gasteiger partial charge in [0.15, 0.2) is 0 Å². The first-order valence-electron chi connectivity index (χ1n) is 7.65. The molecule has 1 aromatic carbocycles. The molecule has 0 saturated heterocycles. The molecule has 1 atom stereocenters. The molecule has 0 spiro atoms. The molecule has 0 radical (unpaired) electrons. The normalized spacial score (nSPS) is 12.1. The summed E-state index contributed by atoms with van der Waals surface area (Å²) >= 11 is 0. The van der Waals surface area contributed by atoms with Gasteiger partial charge in [0.1, 0.15) is 11.3 Å². The van der Waals surface area contributed by atoms with Gasteiger partial charge in [-0.1, -0.05) is 18.2 Å². The van der Waals surface area contributed by atoms with E-state index >= 15 is 0 Å². The summed E-state index contributed by atoms with van der Waals surface area (Å²) in [5.74, 6) is 0.825. The highest BCUT2D eigenvalue weighted by atomic mass is 16.5. The number of fused-ring (bicyclic) bond motifs is 1. The van der Waals surface area contributed by atoms with Crippen molar-refractivity contribution in [2.24, 2.45) is 5.73 Å². The summed E-state index contributed by atoms with van der Waals surface area (Å²) in [5, 5.41) is 3.93. The lowest BCUT2D eigenvalue weighted by atomic mass is 10.2. The third-order valence-electron chi connectivity index (χ3n) is 3.32. The zero-order valence-corrected chi connectivity index (χ0v) is 12.9. The second-order valence-corrected chi connectivity index (χ2v) is 5.40. The van der Waals surface area contributed by atoms with Crippen LogP contribution in [-0.2, 0) is 4.79 Å². The van der Waals surface area contributed by atoms with E-state index in [1.807, 2.05) is 37.3 Å². The van der Waals surface area contributed by atoms with Gasteiger partial charge in [-0.05, 0) is 31.9 Å². The number of ether oxygens (including phenoxy) is 1. The smallest absolute Gasteiger partial charge is 0.220 e. The van der Waals surface area contributed by atoms with Crippen LogP contribution in [0.5, 0.6) is 5.75 Å². The van der Waals surface area contributed by atoms with Crippen LogP contribution < -0.4 is 15.8 Å². The Balaban J connectivity index is 1.71. The van der Waals surface area contributed by atoms with Crippen molar-refractivity contribution >= 4 is 16.8 Å². The van der Waals surface area contributed by atoms with E-state index in [-0.39, 0.29) is 11.9 Å². The lowest BCUT2D eigenvalue weighted by Crippen LogP contribution is -2.27. The third-order valence-corrected chi connectivity index (χ3v) is 3.32. The fourth-order valence-electron chi connectivity index (χ4n) is 2.12. The summed E-state index contributed by atoms with van der Waals surface area (Å²) in [5.41, 5.74) is 6.49. The fraction of sp³-hybridized carbons (Fsp3) is 0.412. The molecule has 0 aliphatic heterocycles. The van der Waals surface area contributed by atoms with Gasteiger partial charge in [0, 0.05) is 30.6 Å². The van der Waals surface area contributed by atoms with Crippen LogP contribution in [-0.4, -0.2) is 30.1 Å². The Morgan fingerprint density at radius 3 is 3.00 bits per heavy atom. The first kappa shape index (κ1) is 16.2. The second-order valence-electron chi connectivity index (χ2n) is 5.40. The fourth-order valence-corrected chi connectivity index (χ4v) is 2.12. The number of nitrogens with two attached hydrogens (primary N) is 1. The van der Waals surface area contributed by atoms with E-state index in [1.165, 1.54) is 0 Å². The number of pyridine rings is 1. The van der Waals surface area contributed by atoms with E-state index in [1.54, 1.807) is 6.20 Å². The summed E-state index contributed by atoms with van der Waals surface area (Å²) in [6.45, 7) is 3.05. The number of hydrogen-bond acceptors (Lipinski definition) is 4. The van der Waals surface area contributed by atoms with Crippen LogP contribution in [0.3, 0.4) is 0 Å². The lowest BCUT2D eigenvalue weighted by Gasteiger charge is -2.09. The van der Waals surface area contributed by atoms with Gasteiger partial charge >= 0.3 is 0 Å². The number of rotatable bonds is 8. The highest BCUT2D eigenvalue weighted by Crippen LogP contribution is 2.22. The topological polar surface area (TPSA) is 77.2 Å². The Morgan fingerprint density at radius 2 is 2.18 bits per heavy atom. The van der Waals surface area contributed by atoms with Crippen molar-refractivity contribution in [3.8, 4) is 5.75 Å². The number of amides is 1. The molecule has 1 unspecified atom stereocenters. The van der Waals surface area contributed by atoms with Crippen LogP contribution in [0.15, 0.2) is 36.5 Å². The van der Waals surface area contributed by atoms with Gasteiger partial charge in [0.25, 0.3) is 0 Å². The standard InChI is InChI=1S/C17H23N3O2/c1-13(18)8-9-16(21)19-11-4-12-22-15-7-2-5-14-6-3-10-20-17(14)15/h2-3,5-7,10,13H,4,8-9,11-12,18H2,1H3,(H,19,21). The number of nitrogens with one attached hydrogen (secondary N) is 1. The predicted octanol–water partition coefficient (Wildman–Crippen LogP) is 2.25. The average molecular weight is 301 g/mol. The molecule has 0 bridgehead atoms. The maximum absolute atomic E-state index is 11.5. The SMILES string of the molecule is CC(N)CCC(=O)NCCCOc1cccc2cccnc12. The van der Waals surface area contributed by atoms with Crippen molar-refractivity contribution in [1.29, 1.82) is 0 Å². The van der Waals surface area contributed by atoms with Gasteiger partial charge < -0.3 is 15.8 Å². The van der Waals surface area contributed by atoms with E-state index in [0.717, 1.165) is 23.1 Å². The molecule has 0 fully saturated rings. The number of hydrogen-bond donors (Lipinski definition) is 2. The zero-order valence-electron chi connectivity index (χ0n) is 12.9. The van der Waals surface area contributed by atoms with Crippen LogP contribution in [0.4, 0.5) is 0 Å². The van der Waals surface area contributed by atoms with Gasteiger partial charge in [-0.15, -0.1) is 0 Å². The molecule has 1 heterocycles. The molecule has 3 N–H and O–H groups in total.